The van der Waals surface area contributed by atoms with Crippen molar-refractivity contribution in [3.05, 3.63) is 65.2 Å². The lowest BCUT2D eigenvalue weighted by Gasteiger charge is -2.14. The molecule has 0 heterocycles. The highest BCUT2D eigenvalue weighted by atomic mass is 16.5. The monoisotopic (exact) mass is 300 g/mol. The summed E-state index contributed by atoms with van der Waals surface area (Å²) in [5.41, 5.74) is 3.60. The Morgan fingerprint density at radius 3 is 2.50 bits per heavy atom. The first-order valence-corrected chi connectivity index (χ1v) is 7.93. The molecule has 3 N–H and O–H groups in total. The molecule has 0 bridgehead atoms. The van der Waals surface area contributed by atoms with Crippen LogP contribution >= 0.6 is 0 Å². The highest BCUT2D eigenvalue weighted by molar-refractivity contribution is 5.33. The number of para-hydroxylation sites is 1. The number of hydrogen-bond acceptors (Lipinski definition) is 2. The maximum absolute atomic E-state index is 9.29. The molecule has 0 saturated heterocycles. The van der Waals surface area contributed by atoms with Crippen LogP contribution in [0.2, 0.25) is 0 Å². The fraction of sp³-hybridized carbons (Fsp3) is 0.368. The second-order valence-corrected chi connectivity index (χ2v) is 5.67. The van der Waals surface area contributed by atoms with Gasteiger partial charge >= 0.3 is 0 Å². The lowest BCUT2D eigenvalue weighted by Crippen LogP contribution is -2.89. The molecule has 0 aliphatic heterocycles. The average Bonchev–Trinajstić information content (AvgIpc) is 2.56. The Labute approximate surface area is 133 Å². The minimum Gasteiger partial charge on any atom is -0.488 e. The summed E-state index contributed by atoms with van der Waals surface area (Å²) in [6, 6.07) is 16.8. The van der Waals surface area contributed by atoms with E-state index in [0.717, 1.165) is 18.7 Å². The van der Waals surface area contributed by atoms with E-state index in [1.54, 1.807) is 0 Å². The Hall–Kier alpha value is -1.84. The molecule has 1 atom stereocenters. The third-order valence-corrected chi connectivity index (χ3v) is 3.92. The summed E-state index contributed by atoms with van der Waals surface area (Å²) in [4.78, 5) is 0. The van der Waals surface area contributed by atoms with Crippen LogP contribution in [0.1, 0.15) is 30.0 Å². The van der Waals surface area contributed by atoms with E-state index < -0.39 is 0 Å². The number of aliphatic hydroxyl groups is 1. The minimum absolute atomic E-state index is 0.211. The molecule has 2 aromatic rings. The van der Waals surface area contributed by atoms with Gasteiger partial charge in [0.1, 0.15) is 24.9 Å². The Balaban J connectivity index is 1.97. The first-order chi connectivity index (χ1) is 10.7. The molecule has 3 nitrogen and oxygen atoms in total. The van der Waals surface area contributed by atoms with E-state index in [-0.39, 0.29) is 12.6 Å². The quantitative estimate of drug-likeness (QED) is 0.786. The summed E-state index contributed by atoms with van der Waals surface area (Å²) in [6.45, 7) is 5.79. The number of hydrogen-bond donors (Lipinski definition) is 2. The SMILES string of the molecule is CC[C@H](CO)[NH2+]Cc1ccccc1OCc1ccc(C)cc1. The summed E-state index contributed by atoms with van der Waals surface area (Å²) in [5.74, 6) is 0.923. The Morgan fingerprint density at radius 1 is 1.09 bits per heavy atom. The summed E-state index contributed by atoms with van der Waals surface area (Å²) in [6.07, 6.45) is 0.961. The van der Waals surface area contributed by atoms with Crippen molar-refractivity contribution < 1.29 is 15.2 Å². The van der Waals surface area contributed by atoms with Crippen molar-refractivity contribution >= 4 is 0 Å². The van der Waals surface area contributed by atoms with Crippen LogP contribution in [0.15, 0.2) is 48.5 Å². The molecule has 22 heavy (non-hydrogen) atoms. The van der Waals surface area contributed by atoms with Gasteiger partial charge < -0.3 is 15.2 Å². The van der Waals surface area contributed by atoms with Crippen molar-refractivity contribution in [3.8, 4) is 5.75 Å². The van der Waals surface area contributed by atoms with Crippen molar-refractivity contribution in [2.45, 2.75) is 39.5 Å². The van der Waals surface area contributed by atoms with Gasteiger partial charge in [-0.3, -0.25) is 0 Å². The van der Waals surface area contributed by atoms with Crippen LogP contribution < -0.4 is 10.1 Å². The summed E-state index contributed by atoms with van der Waals surface area (Å²) < 4.78 is 5.98. The van der Waals surface area contributed by atoms with Gasteiger partial charge in [0.15, 0.2) is 0 Å². The van der Waals surface area contributed by atoms with Crippen molar-refractivity contribution in [1.82, 2.24) is 0 Å². The molecule has 2 rings (SSSR count). The molecule has 0 aromatic heterocycles. The minimum atomic E-state index is 0.211. The summed E-state index contributed by atoms with van der Waals surface area (Å²) >= 11 is 0. The fourth-order valence-electron chi connectivity index (χ4n) is 2.32. The number of aliphatic hydroxyl groups excluding tert-OH is 1. The van der Waals surface area contributed by atoms with E-state index in [0.29, 0.717) is 6.61 Å². The zero-order valence-electron chi connectivity index (χ0n) is 13.5. The maximum atomic E-state index is 9.29. The van der Waals surface area contributed by atoms with Gasteiger partial charge in [-0.15, -0.1) is 0 Å². The van der Waals surface area contributed by atoms with Crippen LogP contribution in [0, 0.1) is 6.92 Å². The zero-order chi connectivity index (χ0) is 15.8. The Bertz CT molecular complexity index is 562. The van der Waals surface area contributed by atoms with E-state index in [9.17, 15) is 5.11 Å². The predicted molar refractivity (Wildman–Crippen MR) is 88.7 cm³/mol. The van der Waals surface area contributed by atoms with Crippen LogP contribution in [-0.4, -0.2) is 17.8 Å². The average molecular weight is 300 g/mol. The second-order valence-electron chi connectivity index (χ2n) is 5.67. The van der Waals surface area contributed by atoms with Gasteiger partial charge in [-0.1, -0.05) is 48.9 Å². The smallest absolute Gasteiger partial charge is 0.128 e. The zero-order valence-corrected chi connectivity index (χ0v) is 13.5. The largest absolute Gasteiger partial charge is 0.488 e. The van der Waals surface area contributed by atoms with Gasteiger partial charge in [-0.25, -0.2) is 0 Å². The molecule has 0 aliphatic carbocycles. The molecule has 0 saturated carbocycles. The third kappa shape index (κ3) is 4.86. The van der Waals surface area contributed by atoms with E-state index in [2.05, 4.69) is 49.5 Å². The van der Waals surface area contributed by atoms with Crippen molar-refractivity contribution in [1.29, 1.82) is 0 Å². The maximum Gasteiger partial charge on any atom is 0.128 e. The van der Waals surface area contributed by atoms with Crippen molar-refractivity contribution in [3.63, 3.8) is 0 Å². The summed E-state index contributed by atoms with van der Waals surface area (Å²) in [7, 11) is 0. The molecule has 0 aliphatic rings. The van der Waals surface area contributed by atoms with Crippen LogP contribution in [-0.2, 0) is 13.2 Å². The molecular formula is C19H26NO2+. The van der Waals surface area contributed by atoms with E-state index in [1.165, 1.54) is 16.7 Å². The molecule has 3 heteroatoms. The molecule has 118 valence electrons. The Kier molecular flexibility index (Phi) is 6.44. The van der Waals surface area contributed by atoms with E-state index >= 15 is 0 Å². The van der Waals surface area contributed by atoms with Gasteiger partial charge in [0.25, 0.3) is 0 Å². The predicted octanol–water partition coefficient (Wildman–Crippen LogP) is 2.41. The third-order valence-electron chi connectivity index (χ3n) is 3.92. The van der Waals surface area contributed by atoms with Gasteiger partial charge in [0.05, 0.1) is 6.61 Å². The first-order valence-electron chi connectivity index (χ1n) is 7.93. The standard InChI is InChI=1S/C19H25NO2/c1-3-18(13-21)20-12-17-6-4-5-7-19(17)22-14-16-10-8-15(2)9-11-16/h4-11,18,20-21H,3,12-14H2,1-2H3/p+1/t18-/m1/s1. The molecule has 0 fully saturated rings. The lowest BCUT2D eigenvalue weighted by atomic mass is 10.1. The van der Waals surface area contributed by atoms with E-state index in [4.69, 9.17) is 4.74 Å². The molecule has 0 unspecified atom stereocenters. The van der Waals surface area contributed by atoms with Crippen molar-refractivity contribution in [2.24, 2.45) is 0 Å². The highest BCUT2D eigenvalue weighted by Gasteiger charge is 2.10. The highest BCUT2D eigenvalue weighted by Crippen LogP contribution is 2.18. The second kappa shape index (κ2) is 8.57. The molecule has 0 radical (unpaired) electrons. The normalized spacial score (nSPS) is 12.1. The van der Waals surface area contributed by atoms with Gasteiger partial charge in [0.2, 0.25) is 0 Å². The fourth-order valence-corrected chi connectivity index (χ4v) is 2.32. The number of benzene rings is 2. The number of aryl methyl sites for hydroxylation is 1. The van der Waals surface area contributed by atoms with Crippen molar-refractivity contribution in [2.75, 3.05) is 6.61 Å². The number of nitrogens with two attached hydrogens (primary N) is 1. The van der Waals surface area contributed by atoms with Crippen LogP contribution in [0.3, 0.4) is 0 Å². The molecule has 0 amide bonds. The van der Waals surface area contributed by atoms with Crippen LogP contribution in [0.5, 0.6) is 5.75 Å². The Morgan fingerprint density at radius 2 is 1.82 bits per heavy atom. The first kappa shape index (κ1) is 16.5. The lowest BCUT2D eigenvalue weighted by molar-refractivity contribution is -0.706. The molecule has 2 aromatic carbocycles. The van der Waals surface area contributed by atoms with E-state index in [1.807, 2.05) is 18.2 Å². The summed E-state index contributed by atoms with van der Waals surface area (Å²) in [5, 5.41) is 11.5. The molecular weight excluding hydrogens is 274 g/mol. The van der Waals surface area contributed by atoms with Gasteiger partial charge in [0, 0.05) is 5.56 Å². The topological polar surface area (TPSA) is 46.1 Å². The number of quaternary nitrogens is 1. The van der Waals surface area contributed by atoms with Crippen LogP contribution in [0.4, 0.5) is 0 Å². The number of rotatable bonds is 8. The van der Waals surface area contributed by atoms with Gasteiger partial charge in [-0.2, -0.15) is 0 Å². The molecule has 0 spiro atoms. The van der Waals surface area contributed by atoms with Crippen LogP contribution in [0.25, 0.3) is 0 Å². The number of ether oxygens (including phenoxy) is 1. The van der Waals surface area contributed by atoms with Gasteiger partial charge in [-0.05, 0) is 31.0 Å².